The van der Waals surface area contributed by atoms with Crippen molar-refractivity contribution in [1.82, 2.24) is 9.88 Å². The van der Waals surface area contributed by atoms with Crippen molar-refractivity contribution in [3.8, 4) is 0 Å². The van der Waals surface area contributed by atoms with E-state index in [9.17, 15) is 4.79 Å². The van der Waals surface area contributed by atoms with E-state index < -0.39 is 0 Å². The molecule has 1 amide bonds. The molecule has 2 aromatic heterocycles. The molecule has 0 aromatic carbocycles. The van der Waals surface area contributed by atoms with Gasteiger partial charge in [-0.25, -0.2) is 4.98 Å². The number of nitrogens with one attached hydrogen (secondary N) is 1. The van der Waals surface area contributed by atoms with Crippen LogP contribution in [0.2, 0.25) is 0 Å². The van der Waals surface area contributed by atoms with Crippen molar-refractivity contribution in [2.24, 2.45) is 0 Å². The summed E-state index contributed by atoms with van der Waals surface area (Å²) >= 11 is 1.80. The molecule has 1 N–H and O–H groups in total. The highest BCUT2D eigenvalue weighted by atomic mass is 32.1. The SMILES string of the molecule is CNc1cc(C(=O)N2CCCCC2CCc2cccs2)ccn1. The van der Waals surface area contributed by atoms with Gasteiger partial charge in [0.1, 0.15) is 5.82 Å². The van der Waals surface area contributed by atoms with Crippen molar-refractivity contribution in [3.63, 3.8) is 0 Å². The predicted molar refractivity (Wildman–Crippen MR) is 95.1 cm³/mol. The van der Waals surface area contributed by atoms with Crippen LogP contribution in [0.1, 0.15) is 40.9 Å². The third-order valence-corrected chi connectivity index (χ3v) is 5.39. The molecule has 2 aromatic rings. The van der Waals surface area contributed by atoms with Gasteiger partial charge in [0.2, 0.25) is 0 Å². The second-order valence-electron chi connectivity index (χ2n) is 5.95. The number of carbonyl (C=O) groups excluding carboxylic acids is 1. The van der Waals surface area contributed by atoms with E-state index in [1.807, 2.05) is 19.2 Å². The number of carbonyl (C=O) groups is 1. The number of thiophene rings is 1. The highest BCUT2D eigenvalue weighted by Gasteiger charge is 2.27. The first-order valence-electron chi connectivity index (χ1n) is 8.25. The fourth-order valence-corrected chi connectivity index (χ4v) is 3.92. The lowest BCUT2D eigenvalue weighted by Crippen LogP contribution is -2.44. The standard InChI is InChI=1S/C18H23N3OS/c1-19-17-13-14(9-10-20-17)18(22)21-11-3-2-5-15(21)7-8-16-6-4-12-23-16/h4,6,9-10,12-13,15H,2-3,5,7-8,11H2,1H3,(H,19,20). The molecule has 0 saturated carbocycles. The Labute approximate surface area is 141 Å². The second kappa shape index (κ2) is 7.59. The molecule has 1 saturated heterocycles. The van der Waals surface area contributed by atoms with Crippen molar-refractivity contribution >= 4 is 23.1 Å². The van der Waals surface area contributed by atoms with Gasteiger partial charge in [0, 0.05) is 36.3 Å². The Kier molecular flexibility index (Phi) is 5.28. The Morgan fingerprint density at radius 2 is 2.35 bits per heavy atom. The van der Waals surface area contributed by atoms with E-state index in [1.165, 1.54) is 11.3 Å². The number of pyridine rings is 1. The molecule has 0 aliphatic carbocycles. The number of likely N-dealkylation sites (tertiary alicyclic amines) is 1. The van der Waals surface area contributed by atoms with Crippen molar-refractivity contribution in [3.05, 3.63) is 46.3 Å². The fourth-order valence-electron chi connectivity index (χ4n) is 3.20. The van der Waals surface area contributed by atoms with Gasteiger partial charge in [0.25, 0.3) is 5.91 Å². The van der Waals surface area contributed by atoms with E-state index in [0.29, 0.717) is 6.04 Å². The number of aromatic nitrogens is 1. The minimum absolute atomic E-state index is 0.139. The predicted octanol–water partition coefficient (Wildman–Crippen LogP) is 3.81. The van der Waals surface area contributed by atoms with Gasteiger partial charge in [-0.1, -0.05) is 6.07 Å². The van der Waals surface area contributed by atoms with Crippen molar-refractivity contribution in [1.29, 1.82) is 0 Å². The van der Waals surface area contributed by atoms with Crippen LogP contribution in [-0.4, -0.2) is 35.4 Å². The van der Waals surface area contributed by atoms with E-state index in [0.717, 1.165) is 43.6 Å². The molecule has 0 radical (unpaired) electrons. The molecule has 1 fully saturated rings. The van der Waals surface area contributed by atoms with Crippen molar-refractivity contribution in [2.45, 2.75) is 38.1 Å². The molecular weight excluding hydrogens is 306 g/mol. The Morgan fingerprint density at radius 1 is 1.43 bits per heavy atom. The third-order valence-electron chi connectivity index (χ3n) is 4.46. The molecule has 1 aliphatic rings. The first-order valence-corrected chi connectivity index (χ1v) is 9.13. The number of anilines is 1. The summed E-state index contributed by atoms with van der Waals surface area (Å²) in [6.07, 6.45) is 7.24. The molecule has 0 spiro atoms. The zero-order chi connectivity index (χ0) is 16.1. The van der Waals surface area contributed by atoms with Crippen molar-refractivity contribution in [2.75, 3.05) is 18.9 Å². The fraction of sp³-hybridized carbons (Fsp3) is 0.444. The molecule has 3 rings (SSSR count). The first-order chi connectivity index (χ1) is 11.3. The zero-order valence-electron chi connectivity index (χ0n) is 13.5. The topological polar surface area (TPSA) is 45.2 Å². The number of amides is 1. The Morgan fingerprint density at radius 3 is 3.13 bits per heavy atom. The Balaban J connectivity index is 1.70. The normalized spacial score (nSPS) is 18.0. The molecule has 23 heavy (non-hydrogen) atoms. The van der Waals surface area contributed by atoms with Crippen LogP contribution >= 0.6 is 11.3 Å². The average molecular weight is 329 g/mol. The van der Waals surface area contributed by atoms with Crippen LogP contribution < -0.4 is 5.32 Å². The van der Waals surface area contributed by atoms with Crippen LogP contribution in [-0.2, 0) is 6.42 Å². The summed E-state index contributed by atoms with van der Waals surface area (Å²) in [5.41, 5.74) is 0.729. The number of hydrogen-bond acceptors (Lipinski definition) is 4. The van der Waals surface area contributed by atoms with Crippen LogP contribution in [0.5, 0.6) is 0 Å². The lowest BCUT2D eigenvalue weighted by atomic mass is 9.96. The molecule has 1 unspecified atom stereocenters. The van der Waals surface area contributed by atoms with Gasteiger partial charge < -0.3 is 10.2 Å². The maximum absolute atomic E-state index is 12.9. The largest absolute Gasteiger partial charge is 0.373 e. The highest BCUT2D eigenvalue weighted by molar-refractivity contribution is 7.09. The van der Waals surface area contributed by atoms with Crippen LogP contribution in [0.3, 0.4) is 0 Å². The number of piperidine rings is 1. The van der Waals surface area contributed by atoms with Gasteiger partial charge in [0.05, 0.1) is 0 Å². The monoisotopic (exact) mass is 329 g/mol. The van der Waals surface area contributed by atoms with Gasteiger partial charge in [-0.2, -0.15) is 0 Å². The van der Waals surface area contributed by atoms with Crippen LogP contribution in [0.15, 0.2) is 35.8 Å². The number of rotatable bonds is 5. The molecule has 3 heterocycles. The van der Waals surface area contributed by atoms with E-state index in [2.05, 4.69) is 32.7 Å². The van der Waals surface area contributed by atoms with Crippen molar-refractivity contribution < 1.29 is 4.79 Å². The minimum Gasteiger partial charge on any atom is -0.373 e. The first kappa shape index (κ1) is 16.0. The minimum atomic E-state index is 0.139. The summed E-state index contributed by atoms with van der Waals surface area (Å²) in [5.74, 6) is 0.878. The second-order valence-corrected chi connectivity index (χ2v) is 6.98. The van der Waals surface area contributed by atoms with Gasteiger partial charge in [-0.15, -0.1) is 11.3 Å². The van der Waals surface area contributed by atoms with E-state index in [4.69, 9.17) is 0 Å². The van der Waals surface area contributed by atoms with E-state index >= 15 is 0 Å². The summed E-state index contributed by atoms with van der Waals surface area (Å²) in [5, 5.41) is 5.12. The molecule has 1 atom stereocenters. The Hall–Kier alpha value is -1.88. The lowest BCUT2D eigenvalue weighted by Gasteiger charge is -2.36. The quantitative estimate of drug-likeness (QED) is 0.907. The smallest absolute Gasteiger partial charge is 0.254 e. The molecular formula is C18H23N3OS. The molecule has 5 heteroatoms. The van der Waals surface area contributed by atoms with Gasteiger partial charge in [-0.3, -0.25) is 4.79 Å². The number of aryl methyl sites for hydroxylation is 1. The molecule has 0 bridgehead atoms. The van der Waals surface area contributed by atoms with Gasteiger partial charge in [0.15, 0.2) is 0 Å². The summed E-state index contributed by atoms with van der Waals surface area (Å²) in [6, 6.07) is 8.29. The highest BCUT2D eigenvalue weighted by Crippen LogP contribution is 2.24. The van der Waals surface area contributed by atoms with E-state index in [-0.39, 0.29) is 5.91 Å². The van der Waals surface area contributed by atoms with Gasteiger partial charge >= 0.3 is 0 Å². The van der Waals surface area contributed by atoms with E-state index in [1.54, 1.807) is 17.5 Å². The molecule has 1 aliphatic heterocycles. The Bertz CT molecular complexity index is 641. The number of hydrogen-bond donors (Lipinski definition) is 1. The summed E-state index contributed by atoms with van der Waals surface area (Å²) < 4.78 is 0. The third kappa shape index (κ3) is 3.91. The zero-order valence-corrected chi connectivity index (χ0v) is 14.3. The number of nitrogens with zero attached hydrogens (tertiary/aromatic N) is 2. The average Bonchev–Trinajstić information content (AvgIpc) is 3.13. The van der Waals surface area contributed by atoms with Crippen LogP contribution in [0, 0.1) is 0 Å². The van der Waals surface area contributed by atoms with Crippen LogP contribution in [0.4, 0.5) is 5.82 Å². The van der Waals surface area contributed by atoms with Crippen LogP contribution in [0.25, 0.3) is 0 Å². The summed E-state index contributed by atoms with van der Waals surface area (Å²) in [4.78, 5) is 20.6. The van der Waals surface area contributed by atoms with Gasteiger partial charge in [-0.05, 0) is 55.7 Å². The maximum Gasteiger partial charge on any atom is 0.254 e. The summed E-state index contributed by atoms with van der Waals surface area (Å²) in [6.45, 7) is 0.866. The molecule has 122 valence electrons. The summed E-state index contributed by atoms with van der Waals surface area (Å²) in [7, 11) is 1.82. The lowest BCUT2D eigenvalue weighted by molar-refractivity contribution is 0.0602. The maximum atomic E-state index is 12.9. The molecule has 4 nitrogen and oxygen atoms in total.